The fourth-order valence-corrected chi connectivity index (χ4v) is 6.50. The van der Waals surface area contributed by atoms with Crippen molar-refractivity contribution in [1.82, 2.24) is 9.88 Å². The van der Waals surface area contributed by atoms with Crippen molar-refractivity contribution in [3.8, 4) is 23.8 Å². The van der Waals surface area contributed by atoms with Gasteiger partial charge in [0.1, 0.15) is 17.5 Å². The van der Waals surface area contributed by atoms with E-state index in [0.717, 1.165) is 25.1 Å². The molecule has 3 aliphatic rings. The predicted molar refractivity (Wildman–Crippen MR) is 133 cm³/mol. The average Bonchev–Trinajstić information content (AvgIpc) is 3.28. The maximum atomic E-state index is 12.8. The van der Waals surface area contributed by atoms with E-state index in [1.165, 1.54) is 13.2 Å². The Kier molecular flexibility index (Phi) is 5.43. The van der Waals surface area contributed by atoms with Crippen LogP contribution in [0, 0.1) is 28.6 Å². The molecule has 5 unspecified atom stereocenters. The number of ether oxygens (including phenoxy) is 2. The van der Waals surface area contributed by atoms with Gasteiger partial charge in [0.05, 0.1) is 30.4 Å². The van der Waals surface area contributed by atoms with Crippen LogP contribution in [-0.2, 0) is 11.2 Å². The monoisotopic (exact) mass is 494 g/mol. The molecule has 1 saturated heterocycles. The topological polar surface area (TPSA) is 123 Å². The Labute approximate surface area is 214 Å². The zero-order valence-electron chi connectivity index (χ0n) is 20.3. The molecule has 2 N–H and O–H groups in total. The van der Waals surface area contributed by atoms with E-state index >= 15 is 0 Å². The molecule has 0 radical (unpaired) electrons. The lowest BCUT2D eigenvalue weighted by Crippen LogP contribution is -2.52. The van der Waals surface area contributed by atoms with Gasteiger partial charge in [0.2, 0.25) is 5.88 Å². The van der Waals surface area contributed by atoms with Gasteiger partial charge in [-0.05, 0) is 42.8 Å². The highest BCUT2D eigenvalue weighted by Gasteiger charge is 2.77. The molecule has 2 fully saturated rings. The quantitative estimate of drug-likeness (QED) is 0.555. The molecule has 37 heavy (non-hydrogen) atoms. The van der Waals surface area contributed by atoms with Crippen molar-refractivity contribution in [2.45, 2.75) is 29.6 Å². The van der Waals surface area contributed by atoms with Crippen LogP contribution in [-0.4, -0.2) is 52.9 Å². The van der Waals surface area contributed by atoms with Gasteiger partial charge in [-0.25, -0.2) is 4.98 Å². The number of nitrogens with zero attached hydrogens (tertiary/aromatic N) is 4. The third-order valence-corrected chi connectivity index (χ3v) is 8.20. The number of likely N-dealkylation sites (tertiary alicyclic amines) is 1. The first-order chi connectivity index (χ1) is 18.0. The number of rotatable bonds is 5. The van der Waals surface area contributed by atoms with E-state index in [2.05, 4.69) is 16.0 Å². The zero-order chi connectivity index (χ0) is 25.8. The van der Waals surface area contributed by atoms with Gasteiger partial charge >= 0.3 is 0 Å². The molecule has 8 heteroatoms. The van der Waals surface area contributed by atoms with Crippen molar-refractivity contribution in [1.29, 1.82) is 10.5 Å². The van der Waals surface area contributed by atoms with E-state index in [9.17, 15) is 20.7 Å². The zero-order valence-corrected chi connectivity index (χ0v) is 20.3. The fourth-order valence-electron chi connectivity index (χ4n) is 6.50. The first-order valence-electron chi connectivity index (χ1n) is 12.3. The van der Waals surface area contributed by atoms with E-state index in [4.69, 9.17) is 9.47 Å². The van der Waals surface area contributed by atoms with Crippen molar-refractivity contribution in [2.24, 2.45) is 5.92 Å². The van der Waals surface area contributed by atoms with Crippen LogP contribution in [0.15, 0.2) is 60.7 Å². The molecule has 8 nitrogen and oxygen atoms in total. The van der Waals surface area contributed by atoms with E-state index in [1.54, 1.807) is 24.3 Å². The second kappa shape index (κ2) is 8.57. The fraction of sp³-hybridized carbons (Fsp3) is 0.345. The molecule has 5 atom stereocenters. The van der Waals surface area contributed by atoms with Crippen LogP contribution in [0.4, 0.5) is 0 Å². The van der Waals surface area contributed by atoms with Crippen molar-refractivity contribution in [2.75, 3.05) is 26.7 Å². The van der Waals surface area contributed by atoms with Gasteiger partial charge in [0.15, 0.2) is 11.2 Å². The minimum Gasteiger partial charge on any atom is -0.481 e. The van der Waals surface area contributed by atoms with Crippen LogP contribution in [0.3, 0.4) is 0 Å². The summed E-state index contributed by atoms with van der Waals surface area (Å²) in [6.07, 6.45) is -0.142. The van der Waals surface area contributed by atoms with Crippen LogP contribution in [0.2, 0.25) is 0 Å². The lowest BCUT2D eigenvalue weighted by Gasteiger charge is -2.41. The molecule has 2 aliphatic heterocycles. The number of hydrogen-bond acceptors (Lipinski definition) is 8. The van der Waals surface area contributed by atoms with Crippen LogP contribution >= 0.6 is 0 Å². The van der Waals surface area contributed by atoms with Crippen molar-refractivity contribution >= 4 is 0 Å². The Balaban J connectivity index is 1.66. The Morgan fingerprint density at radius 1 is 1.11 bits per heavy atom. The number of nitriles is 2. The van der Waals surface area contributed by atoms with Gasteiger partial charge < -0.3 is 24.6 Å². The number of pyridine rings is 1. The molecule has 0 spiro atoms. The molecule has 3 aromatic rings. The number of aliphatic hydroxyl groups is 2. The molecule has 3 heterocycles. The molecule has 0 amide bonds. The Bertz CT molecular complexity index is 1430. The summed E-state index contributed by atoms with van der Waals surface area (Å²) < 4.78 is 12.3. The van der Waals surface area contributed by atoms with Crippen LogP contribution < -0.4 is 9.47 Å². The summed E-state index contributed by atoms with van der Waals surface area (Å²) in [7, 11) is 1.42. The predicted octanol–water partition coefficient (Wildman–Crippen LogP) is 2.79. The molecule has 1 aliphatic carbocycles. The molecule has 1 saturated carbocycles. The number of fused-ring (bicyclic) bond motifs is 3. The first-order valence-corrected chi connectivity index (χ1v) is 12.3. The minimum absolute atomic E-state index is 0.0440. The molecular formula is C29H26N4O4. The van der Waals surface area contributed by atoms with Crippen LogP contribution in [0.25, 0.3) is 0 Å². The van der Waals surface area contributed by atoms with E-state index < -0.39 is 29.1 Å². The van der Waals surface area contributed by atoms with Gasteiger partial charge in [-0.3, -0.25) is 0 Å². The van der Waals surface area contributed by atoms with Crippen molar-refractivity contribution < 1.29 is 19.7 Å². The van der Waals surface area contributed by atoms with E-state index in [1.807, 2.05) is 36.4 Å². The van der Waals surface area contributed by atoms with Gasteiger partial charge in [-0.15, -0.1) is 0 Å². The number of aromatic nitrogens is 1. The highest BCUT2D eigenvalue weighted by molar-refractivity contribution is 5.60. The smallest absolute Gasteiger partial charge is 0.224 e. The largest absolute Gasteiger partial charge is 0.481 e. The summed E-state index contributed by atoms with van der Waals surface area (Å²) >= 11 is 0. The van der Waals surface area contributed by atoms with Crippen LogP contribution in [0.5, 0.6) is 11.6 Å². The number of aliphatic hydroxyl groups excluding tert-OH is 1. The number of hydrogen-bond donors (Lipinski definition) is 2. The van der Waals surface area contributed by atoms with Gasteiger partial charge in [0, 0.05) is 24.4 Å². The third-order valence-electron chi connectivity index (χ3n) is 8.20. The number of benzene rings is 2. The maximum absolute atomic E-state index is 12.8. The molecule has 1 aromatic heterocycles. The minimum atomic E-state index is -1.95. The Morgan fingerprint density at radius 2 is 1.84 bits per heavy atom. The summed E-state index contributed by atoms with van der Waals surface area (Å²) in [6, 6.07) is 22.3. The van der Waals surface area contributed by atoms with Crippen molar-refractivity contribution in [3.63, 3.8) is 0 Å². The third kappa shape index (κ3) is 3.14. The normalized spacial score (nSPS) is 29.8. The molecular weight excluding hydrogens is 468 g/mol. The molecule has 2 aromatic carbocycles. The highest BCUT2D eigenvalue weighted by Crippen LogP contribution is 2.69. The van der Waals surface area contributed by atoms with E-state index in [-0.39, 0.29) is 22.9 Å². The second-order valence-electron chi connectivity index (χ2n) is 9.95. The summed E-state index contributed by atoms with van der Waals surface area (Å²) in [6.45, 7) is 2.44. The molecule has 186 valence electrons. The number of methoxy groups -OCH3 is 1. The SMILES string of the molecule is COc1nc(C#N)cc2c1C1(O)C(O)C(CN3CCC3)C(c3ccccc3)C1(c1ccc(C#N)cc1)O2. The van der Waals surface area contributed by atoms with Gasteiger partial charge in [0.25, 0.3) is 0 Å². The first kappa shape index (κ1) is 23.4. The molecule has 0 bridgehead atoms. The average molecular weight is 495 g/mol. The Morgan fingerprint density at radius 3 is 2.43 bits per heavy atom. The van der Waals surface area contributed by atoms with Crippen LogP contribution in [0.1, 0.15) is 40.3 Å². The highest BCUT2D eigenvalue weighted by atomic mass is 16.5. The molecule has 6 rings (SSSR count). The van der Waals surface area contributed by atoms with Gasteiger partial charge in [-0.1, -0.05) is 42.5 Å². The maximum Gasteiger partial charge on any atom is 0.224 e. The summed E-state index contributed by atoms with van der Waals surface area (Å²) in [5, 5.41) is 43.9. The summed E-state index contributed by atoms with van der Waals surface area (Å²) in [5.74, 6) is -0.568. The van der Waals surface area contributed by atoms with Crippen molar-refractivity contribution in [3.05, 3.63) is 88.6 Å². The van der Waals surface area contributed by atoms with E-state index in [0.29, 0.717) is 17.7 Å². The summed E-state index contributed by atoms with van der Waals surface area (Å²) in [5.41, 5.74) is -1.11. The van der Waals surface area contributed by atoms with Gasteiger partial charge in [-0.2, -0.15) is 10.5 Å². The summed E-state index contributed by atoms with van der Waals surface area (Å²) in [4.78, 5) is 6.57. The Hall–Kier alpha value is -3.95. The standard InChI is InChI=1S/C29H26N4O4/c1-36-27-25-23(14-21(16-31)32-27)37-29(20-10-8-18(15-30)9-11-20)24(19-6-3-2-4-7-19)22(17-33-12-5-13-33)26(34)28(25,29)35/h2-4,6-11,14,22,24,26,34-35H,5,12-13,17H2,1H3. The lowest BCUT2D eigenvalue weighted by molar-refractivity contribution is -0.152. The second-order valence-corrected chi connectivity index (χ2v) is 9.95. The lowest BCUT2D eigenvalue weighted by atomic mass is 9.70.